The number of amides is 1. The highest BCUT2D eigenvalue weighted by molar-refractivity contribution is 5.76. The molecule has 4 heteroatoms. The molecule has 2 saturated heterocycles. The van der Waals surface area contributed by atoms with E-state index in [2.05, 4.69) is 52.0 Å². The summed E-state index contributed by atoms with van der Waals surface area (Å²) in [5, 5.41) is 0. The van der Waals surface area contributed by atoms with Gasteiger partial charge < -0.3 is 9.80 Å². The normalized spacial score (nSPS) is 20.7. The molecule has 0 atom stereocenters. The van der Waals surface area contributed by atoms with E-state index in [9.17, 15) is 4.79 Å². The average molecular weight is 315 g/mol. The summed E-state index contributed by atoms with van der Waals surface area (Å²) in [6, 6.07) is 10.6. The Balaban J connectivity index is 1.38. The van der Waals surface area contributed by atoms with Crippen molar-refractivity contribution in [2.45, 2.75) is 26.2 Å². The molecule has 2 heterocycles. The van der Waals surface area contributed by atoms with E-state index in [4.69, 9.17) is 0 Å². The predicted molar refractivity (Wildman–Crippen MR) is 94.7 cm³/mol. The van der Waals surface area contributed by atoms with Gasteiger partial charge in [0.15, 0.2) is 0 Å². The molecule has 1 amide bonds. The lowest BCUT2D eigenvalue weighted by Crippen LogP contribution is -2.47. The lowest BCUT2D eigenvalue weighted by atomic mass is 9.99. The summed E-state index contributed by atoms with van der Waals surface area (Å²) in [6.45, 7) is 9.34. The summed E-state index contributed by atoms with van der Waals surface area (Å²) >= 11 is 0. The summed E-state index contributed by atoms with van der Waals surface area (Å²) in [5.41, 5.74) is 1.31. The number of para-hydroxylation sites is 1. The fourth-order valence-electron chi connectivity index (χ4n) is 3.54. The highest BCUT2D eigenvalue weighted by Crippen LogP contribution is 2.18. The van der Waals surface area contributed by atoms with E-state index in [0.29, 0.717) is 12.3 Å². The fraction of sp³-hybridized carbons (Fsp3) is 0.632. The number of hydrogen-bond acceptors (Lipinski definition) is 3. The molecule has 0 N–H and O–H groups in total. The maximum absolute atomic E-state index is 12.3. The molecule has 1 aromatic rings. The number of likely N-dealkylation sites (tertiary alicyclic amines) is 1. The zero-order valence-corrected chi connectivity index (χ0v) is 14.3. The number of nitrogens with zero attached hydrogens (tertiary/aromatic N) is 3. The van der Waals surface area contributed by atoms with Crippen LogP contribution >= 0.6 is 0 Å². The van der Waals surface area contributed by atoms with Gasteiger partial charge in [-0.1, -0.05) is 25.1 Å². The molecule has 2 aliphatic rings. The Hall–Kier alpha value is -1.55. The van der Waals surface area contributed by atoms with Crippen LogP contribution in [0.4, 0.5) is 5.69 Å². The maximum atomic E-state index is 12.3. The molecule has 1 aromatic carbocycles. The summed E-state index contributed by atoms with van der Waals surface area (Å²) in [4.78, 5) is 19.3. The molecule has 0 unspecified atom stereocenters. The molecule has 2 fully saturated rings. The van der Waals surface area contributed by atoms with E-state index in [-0.39, 0.29) is 0 Å². The average Bonchev–Trinajstić information content (AvgIpc) is 2.61. The second-order valence-corrected chi connectivity index (χ2v) is 6.98. The number of rotatable bonds is 4. The first kappa shape index (κ1) is 16.3. The zero-order valence-electron chi connectivity index (χ0n) is 14.3. The number of carbonyl (C=O) groups excluding carboxylic acids is 1. The van der Waals surface area contributed by atoms with E-state index in [1.807, 2.05) is 0 Å². The molecule has 0 spiro atoms. The van der Waals surface area contributed by atoms with Crippen LogP contribution in [0.15, 0.2) is 30.3 Å². The molecule has 0 aromatic heterocycles. The Morgan fingerprint density at radius 3 is 2.30 bits per heavy atom. The van der Waals surface area contributed by atoms with Crippen molar-refractivity contribution in [3.63, 3.8) is 0 Å². The van der Waals surface area contributed by atoms with Crippen molar-refractivity contribution in [2.75, 3.05) is 50.7 Å². The SMILES string of the molecule is CC1CCN(C(=O)CCN2CCN(c3ccccc3)CC2)CC1. The quantitative estimate of drug-likeness (QED) is 0.854. The van der Waals surface area contributed by atoms with Gasteiger partial charge in [0.1, 0.15) is 0 Å². The number of piperazine rings is 1. The van der Waals surface area contributed by atoms with Gasteiger partial charge >= 0.3 is 0 Å². The van der Waals surface area contributed by atoms with Crippen molar-refractivity contribution in [1.82, 2.24) is 9.80 Å². The standard InChI is InChI=1S/C19H29N3O/c1-17-7-11-22(12-8-17)19(23)9-10-20-13-15-21(16-14-20)18-5-3-2-4-6-18/h2-6,17H,7-16H2,1H3. The van der Waals surface area contributed by atoms with Gasteiger partial charge in [0.05, 0.1) is 0 Å². The maximum Gasteiger partial charge on any atom is 0.223 e. The van der Waals surface area contributed by atoms with Gasteiger partial charge in [-0.25, -0.2) is 0 Å². The Bertz CT molecular complexity index is 489. The van der Waals surface area contributed by atoms with Gasteiger partial charge in [-0.05, 0) is 30.9 Å². The number of piperidine rings is 1. The van der Waals surface area contributed by atoms with Crippen LogP contribution in [-0.4, -0.2) is 61.5 Å². The third-order valence-electron chi connectivity index (χ3n) is 5.27. The second kappa shape index (κ2) is 7.82. The smallest absolute Gasteiger partial charge is 0.223 e. The van der Waals surface area contributed by atoms with Crippen LogP contribution in [0, 0.1) is 5.92 Å². The molecule has 0 aliphatic carbocycles. The minimum atomic E-state index is 0.349. The van der Waals surface area contributed by atoms with Gasteiger partial charge in [0, 0.05) is 57.9 Å². The van der Waals surface area contributed by atoms with Crippen molar-refractivity contribution in [1.29, 1.82) is 0 Å². The van der Waals surface area contributed by atoms with E-state index in [1.165, 1.54) is 18.5 Å². The Morgan fingerprint density at radius 1 is 1.00 bits per heavy atom. The Labute approximate surface area is 140 Å². The molecule has 126 valence electrons. The van der Waals surface area contributed by atoms with Gasteiger partial charge in [-0.2, -0.15) is 0 Å². The summed E-state index contributed by atoms with van der Waals surface area (Å²) < 4.78 is 0. The fourth-order valence-corrected chi connectivity index (χ4v) is 3.54. The van der Waals surface area contributed by atoms with E-state index in [0.717, 1.165) is 51.7 Å². The van der Waals surface area contributed by atoms with Crippen molar-refractivity contribution in [3.8, 4) is 0 Å². The Morgan fingerprint density at radius 2 is 1.65 bits per heavy atom. The molecule has 0 radical (unpaired) electrons. The van der Waals surface area contributed by atoms with Crippen LogP contribution in [0.2, 0.25) is 0 Å². The van der Waals surface area contributed by atoms with Crippen LogP contribution in [0.3, 0.4) is 0 Å². The summed E-state index contributed by atoms with van der Waals surface area (Å²) in [7, 11) is 0. The van der Waals surface area contributed by atoms with Gasteiger partial charge in [0.2, 0.25) is 5.91 Å². The highest BCUT2D eigenvalue weighted by atomic mass is 16.2. The first-order valence-electron chi connectivity index (χ1n) is 9.02. The van der Waals surface area contributed by atoms with Crippen molar-refractivity contribution >= 4 is 11.6 Å². The first-order chi connectivity index (χ1) is 11.2. The van der Waals surface area contributed by atoms with E-state index < -0.39 is 0 Å². The van der Waals surface area contributed by atoms with Crippen LogP contribution in [0.1, 0.15) is 26.2 Å². The van der Waals surface area contributed by atoms with Crippen molar-refractivity contribution in [2.24, 2.45) is 5.92 Å². The monoisotopic (exact) mass is 315 g/mol. The third-order valence-corrected chi connectivity index (χ3v) is 5.27. The molecule has 3 rings (SSSR count). The molecular formula is C19H29N3O. The molecule has 0 saturated carbocycles. The highest BCUT2D eigenvalue weighted by Gasteiger charge is 2.22. The van der Waals surface area contributed by atoms with Gasteiger partial charge in [0.25, 0.3) is 0 Å². The van der Waals surface area contributed by atoms with Crippen LogP contribution in [0.5, 0.6) is 0 Å². The minimum Gasteiger partial charge on any atom is -0.369 e. The molecule has 4 nitrogen and oxygen atoms in total. The van der Waals surface area contributed by atoms with Crippen molar-refractivity contribution in [3.05, 3.63) is 30.3 Å². The van der Waals surface area contributed by atoms with E-state index >= 15 is 0 Å². The van der Waals surface area contributed by atoms with Gasteiger partial charge in [-0.15, -0.1) is 0 Å². The minimum absolute atomic E-state index is 0.349. The largest absolute Gasteiger partial charge is 0.369 e. The van der Waals surface area contributed by atoms with Gasteiger partial charge in [-0.3, -0.25) is 9.69 Å². The number of benzene rings is 1. The number of anilines is 1. The second-order valence-electron chi connectivity index (χ2n) is 6.98. The third kappa shape index (κ3) is 4.47. The molecular weight excluding hydrogens is 286 g/mol. The van der Waals surface area contributed by atoms with E-state index in [1.54, 1.807) is 0 Å². The summed E-state index contributed by atoms with van der Waals surface area (Å²) in [6.07, 6.45) is 3.02. The predicted octanol–water partition coefficient (Wildman–Crippen LogP) is 2.46. The van der Waals surface area contributed by atoms with Crippen LogP contribution in [0.25, 0.3) is 0 Å². The zero-order chi connectivity index (χ0) is 16.1. The topological polar surface area (TPSA) is 26.8 Å². The lowest BCUT2D eigenvalue weighted by molar-refractivity contribution is -0.132. The van der Waals surface area contributed by atoms with Crippen LogP contribution in [-0.2, 0) is 4.79 Å². The molecule has 0 bridgehead atoms. The lowest BCUT2D eigenvalue weighted by Gasteiger charge is -2.36. The number of carbonyl (C=O) groups is 1. The molecule has 23 heavy (non-hydrogen) atoms. The first-order valence-corrected chi connectivity index (χ1v) is 9.02. The number of hydrogen-bond donors (Lipinski definition) is 0. The Kier molecular flexibility index (Phi) is 5.55. The summed E-state index contributed by atoms with van der Waals surface area (Å²) in [5.74, 6) is 1.13. The molecule has 2 aliphatic heterocycles. The van der Waals surface area contributed by atoms with Crippen LogP contribution < -0.4 is 4.90 Å². The van der Waals surface area contributed by atoms with Crippen molar-refractivity contribution < 1.29 is 4.79 Å².